The fourth-order valence-corrected chi connectivity index (χ4v) is 4.64. The molecule has 2 aromatic rings. The van der Waals surface area contributed by atoms with Crippen molar-refractivity contribution in [3.05, 3.63) is 41.2 Å². The summed E-state index contributed by atoms with van der Waals surface area (Å²) >= 11 is 3.68. The summed E-state index contributed by atoms with van der Waals surface area (Å²) < 4.78 is 13.3. The molecule has 21 heavy (non-hydrogen) atoms. The van der Waals surface area contributed by atoms with Crippen LogP contribution in [0.5, 0.6) is 0 Å². The number of thiazole rings is 1. The van der Waals surface area contributed by atoms with Crippen molar-refractivity contribution in [2.75, 3.05) is 12.3 Å². The zero-order valence-corrected chi connectivity index (χ0v) is 13.7. The highest BCUT2D eigenvalue weighted by molar-refractivity contribution is 8.00. The summed E-state index contributed by atoms with van der Waals surface area (Å²) in [5.74, 6) is 1.07. The van der Waals surface area contributed by atoms with E-state index >= 15 is 0 Å². The van der Waals surface area contributed by atoms with Gasteiger partial charge >= 0.3 is 0 Å². The van der Waals surface area contributed by atoms with E-state index in [4.69, 9.17) is 0 Å². The molecule has 1 aliphatic rings. The Morgan fingerprint density at radius 3 is 2.86 bits per heavy atom. The van der Waals surface area contributed by atoms with Crippen molar-refractivity contribution >= 4 is 23.1 Å². The van der Waals surface area contributed by atoms with Gasteiger partial charge in [0.15, 0.2) is 0 Å². The van der Waals surface area contributed by atoms with Crippen LogP contribution in [0.15, 0.2) is 29.6 Å². The van der Waals surface area contributed by atoms with Gasteiger partial charge in [0.05, 0.1) is 5.69 Å². The topological polar surface area (TPSA) is 24.9 Å². The molecule has 5 heteroatoms. The molecule has 1 N–H and O–H groups in total. The molecule has 0 bridgehead atoms. The second-order valence-corrected chi connectivity index (χ2v) is 8.20. The van der Waals surface area contributed by atoms with E-state index in [9.17, 15) is 4.39 Å². The molecule has 1 unspecified atom stereocenters. The summed E-state index contributed by atoms with van der Waals surface area (Å²) in [5.41, 5.74) is 2.04. The third kappa shape index (κ3) is 3.84. The van der Waals surface area contributed by atoms with Crippen LogP contribution >= 0.6 is 23.1 Å². The smallest absolute Gasteiger partial charge is 0.123 e. The van der Waals surface area contributed by atoms with E-state index in [2.05, 4.69) is 34.4 Å². The third-order valence-corrected chi connectivity index (χ3v) is 6.23. The zero-order valence-electron chi connectivity index (χ0n) is 12.1. The molecule has 2 nitrogen and oxygen atoms in total. The molecule has 3 rings (SSSR count). The van der Waals surface area contributed by atoms with Crippen LogP contribution in [0.25, 0.3) is 10.6 Å². The number of rotatable bonds is 5. The van der Waals surface area contributed by atoms with Crippen molar-refractivity contribution in [3.8, 4) is 10.6 Å². The molecule has 1 aromatic heterocycles. The average Bonchev–Trinajstić information content (AvgIpc) is 3.10. The van der Waals surface area contributed by atoms with Gasteiger partial charge in [0.25, 0.3) is 0 Å². The van der Waals surface area contributed by atoms with Gasteiger partial charge in [-0.25, -0.2) is 9.37 Å². The Kier molecular flexibility index (Phi) is 4.62. The average molecular weight is 322 g/mol. The molecule has 0 amide bonds. The molecular weight excluding hydrogens is 303 g/mol. The largest absolute Gasteiger partial charge is 0.310 e. The minimum absolute atomic E-state index is 0.209. The number of hydrogen-bond donors (Lipinski definition) is 1. The Labute approximate surface area is 133 Å². The van der Waals surface area contributed by atoms with E-state index < -0.39 is 0 Å². The van der Waals surface area contributed by atoms with Gasteiger partial charge in [-0.15, -0.1) is 11.3 Å². The predicted octanol–water partition coefficient (Wildman–Crippen LogP) is 4.32. The Morgan fingerprint density at radius 2 is 2.14 bits per heavy atom. The lowest BCUT2D eigenvalue weighted by atomic mass is 10.1. The maximum absolute atomic E-state index is 12.9. The Morgan fingerprint density at radius 1 is 1.33 bits per heavy atom. The van der Waals surface area contributed by atoms with E-state index in [0.717, 1.165) is 29.4 Å². The van der Waals surface area contributed by atoms with E-state index in [1.54, 1.807) is 23.5 Å². The van der Waals surface area contributed by atoms with Gasteiger partial charge in [-0.3, -0.25) is 0 Å². The first-order chi connectivity index (χ1) is 10.1. The quantitative estimate of drug-likeness (QED) is 0.887. The van der Waals surface area contributed by atoms with Gasteiger partial charge in [0.2, 0.25) is 0 Å². The van der Waals surface area contributed by atoms with Crippen LogP contribution < -0.4 is 5.32 Å². The van der Waals surface area contributed by atoms with Crippen LogP contribution in [0.3, 0.4) is 0 Å². The van der Waals surface area contributed by atoms with Gasteiger partial charge < -0.3 is 5.32 Å². The van der Waals surface area contributed by atoms with Crippen molar-refractivity contribution in [1.29, 1.82) is 0 Å². The highest BCUT2D eigenvalue weighted by atomic mass is 32.2. The molecule has 1 fully saturated rings. The van der Waals surface area contributed by atoms with Crippen LogP contribution in [0.4, 0.5) is 4.39 Å². The van der Waals surface area contributed by atoms with Gasteiger partial charge in [0.1, 0.15) is 10.8 Å². The van der Waals surface area contributed by atoms with Crippen molar-refractivity contribution < 1.29 is 4.39 Å². The molecule has 0 saturated carbocycles. The highest BCUT2D eigenvalue weighted by Gasteiger charge is 2.28. The zero-order chi connectivity index (χ0) is 14.7. The standard InChI is InChI=1S/C16H19FN2S2/c1-16(7-2-8-21-16)11-18-9-14-10-20-15(19-14)12-3-5-13(17)6-4-12/h3-6,10,18H,2,7-9,11H2,1H3. The first kappa shape index (κ1) is 15.0. The van der Waals surface area contributed by atoms with Crippen LogP contribution in [0.1, 0.15) is 25.5 Å². The fraction of sp³-hybridized carbons (Fsp3) is 0.438. The van der Waals surface area contributed by atoms with Gasteiger partial charge in [-0.1, -0.05) is 0 Å². The minimum Gasteiger partial charge on any atom is -0.310 e. The van der Waals surface area contributed by atoms with Gasteiger partial charge in [0, 0.05) is 28.8 Å². The number of nitrogens with one attached hydrogen (secondary N) is 1. The Bertz CT molecular complexity index is 589. The number of aromatic nitrogens is 1. The van der Waals surface area contributed by atoms with E-state index in [1.807, 2.05) is 0 Å². The molecule has 112 valence electrons. The maximum Gasteiger partial charge on any atom is 0.123 e. The van der Waals surface area contributed by atoms with Crippen LogP contribution in [0.2, 0.25) is 0 Å². The summed E-state index contributed by atoms with van der Waals surface area (Å²) in [6.07, 6.45) is 2.62. The molecule has 1 atom stereocenters. The first-order valence-corrected chi connectivity index (χ1v) is 9.06. The molecular formula is C16H19FN2S2. The van der Waals surface area contributed by atoms with Crippen molar-refractivity contribution in [1.82, 2.24) is 10.3 Å². The van der Waals surface area contributed by atoms with Crippen LogP contribution in [-0.2, 0) is 6.54 Å². The third-order valence-electron chi connectivity index (χ3n) is 3.75. The molecule has 1 saturated heterocycles. The molecule has 0 aliphatic carbocycles. The summed E-state index contributed by atoms with van der Waals surface area (Å²) in [6, 6.07) is 6.52. The number of halogens is 1. The second kappa shape index (κ2) is 6.46. The summed E-state index contributed by atoms with van der Waals surface area (Å²) in [4.78, 5) is 4.62. The Hall–Kier alpha value is -0.910. The van der Waals surface area contributed by atoms with E-state index in [-0.39, 0.29) is 5.82 Å². The SMILES string of the molecule is CC1(CNCc2csc(-c3ccc(F)cc3)n2)CCCS1. The first-order valence-electron chi connectivity index (χ1n) is 7.20. The summed E-state index contributed by atoms with van der Waals surface area (Å²) in [7, 11) is 0. The molecule has 2 heterocycles. The van der Waals surface area contributed by atoms with Crippen LogP contribution in [-0.4, -0.2) is 22.0 Å². The molecule has 1 aromatic carbocycles. The maximum atomic E-state index is 12.9. The molecule has 0 spiro atoms. The van der Waals surface area contributed by atoms with E-state index in [1.165, 1.54) is 30.7 Å². The van der Waals surface area contributed by atoms with Crippen LogP contribution in [0, 0.1) is 5.82 Å². The lowest BCUT2D eigenvalue weighted by Crippen LogP contribution is -2.32. The lowest BCUT2D eigenvalue weighted by Gasteiger charge is -2.22. The highest BCUT2D eigenvalue weighted by Crippen LogP contribution is 2.37. The number of nitrogens with zero attached hydrogens (tertiary/aromatic N) is 1. The lowest BCUT2D eigenvalue weighted by molar-refractivity contribution is 0.534. The number of benzene rings is 1. The number of hydrogen-bond acceptors (Lipinski definition) is 4. The Balaban J connectivity index is 1.56. The van der Waals surface area contributed by atoms with E-state index in [0.29, 0.717) is 4.75 Å². The van der Waals surface area contributed by atoms with Gasteiger partial charge in [-0.2, -0.15) is 11.8 Å². The normalized spacial score (nSPS) is 21.8. The van der Waals surface area contributed by atoms with Gasteiger partial charge in [-0.05, 0) is 49.8 Å². The second-order valence-electron chi connectivity index (χ2n) is 5.66. The van der Waals surface area contributed by atoms with Crippen molar-refractivity contribution in [2.45, 2.75) is 31.1 Å². The number of thioether (sulfide) groups is 1. The predicted molar refractivity (Wildman–Crippen MR) is 89.3 cm³/mol. The fourth-order valence-electron chi connectivity index (χ4n) is 2.54. The monoisotopic (exact) mass is 322 g/mol. The molecule has 1 aliphatic heterocycles. The van der Waals surface area contributed by atoms with Crippen molar-refractivity contribution in [2.24, 2.45) is 0 Å². The molecule has 0 radical (unpaired) electrons. The minimum atomic E-state index is -0.209. The summed E-state index contributed by atoms with van der Waals surface area (Å²) in [6.45, 7) is 4.16. The van der Waals surface area contributed by atoms with Crippen molar-refractivity contribution in [3.63, 3.8) is 0 Å². The summed E-state index contributed by atoms with van der Waals surface area (Å²) in [5, 5.41) is 6.55.